The molecule has 1 saturated heterocycles. The number of nitrogens with zero attached hydrogens (tertiary/aromatic N) is 4. The van der Waals surface area contributed by atoms with E-state index in [0.29, 0.717) is 43.7 Å². The third-order valence-electron chi connectivity index (χ3n) is 6.54. The molecule has 0 bridgehead atoms. The molecule has 2 N–H and O–H groups in total. The van der Waals surface area contributed by atoms with Crippen LogP contribution in [0, 0.1) is 0 Å². The number of hydrogen-bond donors (Lipinski definition) is 2. The van der Waals surface area contributed by atoms with Crippen molar-refractivity contribution in [1.29, 1.82) is 0 Å². The Morgan fingerprint density at radius 1 is 0.914 bits per heavy atom. The van der Waals surface area contributed by atoms with Crippen LogP contribution in [-0.4, -0.2) is 62.8 Å². The Morgan fingerprint density at radius 2 is 1.66 bits per heavy atom. The normalized spacial score (nSPS) is 15.3. The number of pyridine rings is 1. The number of rotatable bonds is 7. The number of anilines is 1. The molecule has 5 rings (SSSR count). The topological polar surface area (TPSA) is 98.9 Å². The first kappa shape index (κ1) is 22.6. The third-order valence-corrected chi connectivity index (χ3v) is 6.54. The molecule has 0 aliphatic carbocycles. The summed E-state index contributed by atoms with van der Waals surface area (Å²) < 4.78 is 2.01. The van der Waals surface area contributed by atoms with Crippen LogP contribution in [0.5, 0.6) is 0 Å². The minimum Gasteiger partial charge on any atom is -0.480 e. The van der Waals surface area contributed by atoms with E-state index >= 15 is 0 Å². The lowest BCUT2D eigenvalue weighted by Gasteiger charge is -2.38. The number of carboxylic acid groups (broad SMARTS) is 2. The van der Waals surface area contributed by atoms with Crippen LogP contribution in [0.3, 0.4) is 0 Å². The van der Waals surface area contributed by atoms with Gasteiger partial charge in [0.25, 0.3) is 0 Å². The number of fused-ring (bicyclic) bond motifs is 1. The van der Waals surface area contributed by atoms with Crippen molar-refractivity contribution in [2.75, 3.05) is 31.1 Å². The van der Waals surface area contributed by atoms with Crippen LogP contribution in [0.2, 0.25) is 0 Å². The van der Waals surface area contributed by atoms with E-state index in [0.717, 1.165) is 16.9 Å². The van der Waals surface area contributed by atoms with Gasteiger partial charge in [-0.3, -0.25) is 9.69 Å². The molecule has 2 aromatic heterocycles. The molecular formula is C27H26N4O4. The van der Waals surface area contributed by atoms with Gasteiger partial charge in [-0.1, -0.05) is 36.4 Å². The largest absolute Gasteiger partial charge is 0.480 e. The summed E-state index contributed by atoms with van der Waals surface area (Å²) in [6.07, 6.45) is 3.62. The second-order valence-electron chi connectivity index (χ2n) is 8.69. The van der Waals surface area contributed by atoms with E-state index in [1.807, 2.05) is 64.2 Å². The van der Waals surface area contributed by atoms with Crippen molar-refractivity contribution in [3.8, 4) is 0 Å². The number of aromatic nitrogens is 2. The monoisotopic (exact) mass is 470 g/mol. The standard InChI is InChI=1S/C27H26N4O4/c32-26(33)20-9-10-23-21(16-20)22(18-31(23)17-19-6-2-1-3-7-19)25(27(34)35)30-14-12-29(13-15-30)24-8-4-5-11-28-24/h1-11,16,18,25H,12-15,17H2,(H,32,33)(H,34,35). The number of carboxylic acids is 2. The van der Waals surface area contributed by atoms with Crippen LogP contribution < -0.4 is 4.90 Å². The molecule has 1 aliphatic heterocycles. The van der Waals surface area contributed by atoms with Gasteiger partial charge in [0.05, 0.1) is 5.56 Å². The molecule has 2 aromatic carbocycles. The maximum absolute atomic E-state index is 12.6. The van der Waals surface area contributed by atoms with Crippen LogP contribution in [0.15, 0.2) is 79.1 Å². The molecule has 1 aliphatic rings. The second-order valence-corrected chi connectivity index (χ2v) is 8.69. The summed E-state index contributed by atoms with van der Waals surface area (Å²) in [7, 11) is 0. The lowest BCUT2D eigenvalue weighted by molar-refractivity contribution is -0.143. The Morgan fingerprint density at radius 3 is 2.31 bits per heavy atom. The maximum Gasteiger partial charge on any atom is 0.335 e. The zero-order valence-electron chi connectivity index (χ0n) is 19.1. The first-order chi connectivity index (χ1) is 17.0. The van der Waals surface area contributed by atoms with Gasteiger partial charge in [0, 0.05) is 61.6 Å². The molecule has 0 saturated carbocycles. The molecule has 1 unspecified atom stereocenters. The van der Waals surface area contributed by atoms with Crippen LogP contribution in [0.25, 0.3) is 10.9 Å². The zero-order valence-corrected chi connectivity index (χ0v) is 19.1. The summed E-state index contributed by atoms with van der Waals surface area (Å²) in [6, 6.07) is 19.7. The fraction of sp³-hybridized carbons (Fsp3) is 0.222. The minimum atomic E-state index is -1.04. The average Bonchev–Trinajstić information content (AvgIpc) is 3.22. The summed E-state index contributed by atoms with van der Waals surface area (Å²) in [6.45, 7) is 2.98. The smallest absolute Gasteiger partial charge is 0.335 e. The number of benzene rings is 2. The molecule has 8 heteroatoms. The molecule has 4 aromatic rings. The highest BCUT2D eigenvalue weighted by Crippen LogP contribution is 2.33. The maximum atomic E-state index is 12.6. The Balaban J connectivity index is 1.51. The second kappa shape index (κ2) is 9.60. The SMILES string of the molecule is O=C(O)c1ccc2c(c1)c(C(C(=O)O)N1CCN(c3ccccn3)CC1)cn2Cc1ccccc1. The van der Waals surface area contributed by atoms with Gasteiger partial charge in [0.2, 0.25) is 0 Å². The fourth-order valence-corrected chi connectivity index (χ4v) is 4.82. The highest BCUT2D eigenvalue weighted by atomic mass is 16.4. The average molecular weight is 471 g/mol. The number of piperazine rings is 1. The van der Waals surface area contributed by atoms with Crippen LogP contribution in [-0.2, 0) is 11.3 Å². The van der Waals surface area contributed by atoms with Crippen molar-refractivity contribution in [2.24, 2.45) is 0 Å². The highest BCUT2D eigenvalue weighted by molar-refractivity contribution is 5.96. The predicted molar refractivity (Wildman–Crippen MR) is 133 cm³/mol. The number of carbonyl (C=O) groups is 2. The first-order valence-corrected chi connectivity index (χ1v) is 11.5. The Kier molecular flexibility index (Phi) is 6.20. The van der Waals surface area contributed by atoms with Crippen LogP contribution >= 0.6 is 0 Å². The number of aromatic carboxylic acids is 1. The van der Waals surface area contributed by atoms with Gasteiger partial charge >= 0.3 is 11.9 Å². The Labute approximate surface area is 202 Å². The number of aliphatic carboxylic acids is 1. The van der Waals surface area contributed by atoms with E-state index in [9.17, 15) is 19.8 Å². The molecular weight excluding hydrogens is 444 g/mol. The zero-order chi connectivity index (χ0) is 24.4. The van der Waals surface area contributed by atoms with Gasteiger partial charge in [-0.25, -0.2) is 9.78 Å². The lowest BCUT2D eigenvalue weighted by Crippen LogP contribution is -2.49. The molecule has 178 valence electrons. The van der Waals surface area contributed by atoms with Gasteiger partial charge in [0.1, 0.15) is 11.9 Å². The summed E-state index contributed by atoms with van der Waals surface area (Å²) in [4.78, 5) is 32.8. The molecule has 1 atom stereocenters. The molecule has 8 nitrogen and oxygen atoms in total. The summed E-state index contributed by atoms with van der Waals surface area (Å²) in [5, 5.41) is 20.5. The van der Waals surface area contributed by atoms with Crippen molar-refractivity contribution in [3.05, 3.63) is 95.8 Å². The van der Waals surface area contributed by atoms with Crippen molar-refractivity contribution in [2.45, 2.75) is 12.6 Å². The minimum absolute atomic E-state index is 0.139. The van der Waals surface area contributed by atoms with Crippen molar-refractivity contribution < 1.29 is 19.8 Å². The van der Waals surface area contributed by atoms with Gasteiger partial charge in [0.15, 0.2) is 0 Å². The molecule has 3 heterocycles. The van der Waals surface area contributed by atoms with Crippen molar-refractivity contribution in [1.82, 2.24) is 14.5 Å². The van der Waals surface area contributed by atoms with Gasteiger partial charge in [-0.15, -0.1) is 0 Å². The van der Waals surface area contributed by atoms with E-state index in [-0.39, 0.29) is 5.56 Å². The quantitative estimate of drug-likeness (QED) is 0.425. The first-order valence-electron chi connectivity index (χ1n) is 11.5. The van der Waals surface area contributed by atoms with Crippen molar-refractivity contribution >= 4 is 28.7 Å². The van der Waals surface area contributed by atoms with Gasteiger partial charge < -0.3 is 19.7 Å². The van der Waals surface area contributed by atoms with E-state index in [1.165, 1.54) is 0 Å². The third kappa shape index (κ3) is 4.61. The van der Waals surface area contributed by atoms with Gasteiger partial charge in [-0.2, -0.15) is 0 Å². The van der Waals surface area contributed by atoms with Crippen molar-refractivity contribution in [3.63, 3.8) is 0 Å². The molecule has 0 amide bonds. The molecule has 35 heavy (non-hydrogen) atoms. The van der Waals surface area contributed by atoms with E-state index in [4.69, 9.17) is 0 Å². The summed E-state index contributed by atoms with van der Waals surface area (Å²) in [5.74, 6) is -1.11. The molecule has 1 fully saturated rings. The Bertz CT molecular complexity index is 1350. The van der Waals surface area contributed by atoms with E-state index in [2.05, 4.69) is 9.88 Å². The highest BCUT2D eigenvalue weighted by Gasteiger charge is 2.33. The predicted octanol–water partition coefficient (Wildman–Crippen LogP) is 3.73. The van der Waals surface area contributed by atoms with Gasteiger partial charge in [-0.05, 0) is 35.9 Å². The van der Waals surface area contributed by atoms with Crippen LogP contribution in [0.4, 0.5) is 5.82 Å². The number of hydrogen-bond acceptors (Lipinski definition) is 5. The summed E-state index contributed by atoms with van der Waals surface area (Å²) in [5.41, 5.74) is 2.64. The fourth-order valence-electron chi connectivity index (χ4n) is 4.82. The van der Waals surface area contributed by atoms with E-state index < -0.39 is 18.0 Å². The Hall–Kier alpha value is -4.17. The molecule has 0 radical (unpaired) electrons. The lowest BCUT2D eigenvalue weighted by atomic mass is 10.0. The molecule has 0 spiro atoms. The summed E-state index contributed by atoms with van der Waals surface area (Å²) >= 11 is 0. The van der Waals surface area contributed by atoms with E-state index in [1.54, 1.807) is 24.4 Å². The van der Waals surface area contributed by atoms with Crippen LogP contribution in [0.1, 0.15) is 27.5 Å².